The van der Waals surface area contributed by atoms with Crippen molar-refractivity contribution >= 4 is 26.3 Å². The lowest BCUT2D eigenvalue weighted by Gasteiger charge is -2.17. The molecule has 0 amide bonds. The molecule has 4 rings (SSSR count). The maximum Gasteiger partial charge on any atom is 0.297 e. The van der Waals surface area contributed by atoms with Crippen LogP contribution in [0.4, 0.5) is 0 Å². The lowest BCUT2D eigenvalue weighted by Crippen LogP contribution is -2.33. The molecule has 0 aromatic heterocycles. The Labute approximate surface area is 217 Å². The van der Waals surface area contributed by atoms with E-state index in [9.17, 15) is 16.8 Å². The lowest BCUT2D eigenvalue weighted by atomic mass is 10.2. The molecule has 10 heteroatoms. The van der Waals surface area contributed by atoms with Crippen LogP contribution in [0.5, 0.6) is 0 Å². The summed E-state index contributed by atoms with van der Waals surface area (Å²) in [6.45, 7) is 2.92. The minimum Gasteiger partial charge on any atom is -0.340 e. The Kier molecular flexibility index (Phi) is 8.58. The highest BCUT2D eigenvalue weighted by molar-refractivity contribution is 7.87. The van der Waals surface area contributed by atoms with E-state index in [1.54, 1.807) is 36.4 Å². The molecule has 1 saturated heterocycles. The van der Waals surface area contributed by atoms with Gasteiger partial charge in [-0.1, -0.05) is 71.8 Å². The Morgan fingerprint density at radius 3 is 1.54 bits per heavy atom. The summed E-state index contributed by atoms with van der Waals surface area (Å²) in [4.78, 5) is 0.0135. The SMILES string of the molecule is Cc1ccc(S(=O)(=O)OCC2OC(/C=C/c3ccccc3)OC2COS(=O)(=O)c2ccc(C)cc2)cc1. The van der Waals surface area contributed by atoms with E-state index in [0.29, 0.717) is 0 Å². The first-order valence-corrected chi connectivity index (χ1v) is 14.4. The molecule has 2 unspecified atom stereocenters. The predicted octanol–water partition coefficient (Wildman–Crippen LogP) is 4.24. The van der Waals surface area contributed by atoms with Crippen molar-refractivity contribution in [3.05, 3.63) is 102 Å². The predicted molar refractivity (Wildman–Crippen MR) is 138 cm³/mol. The standard InChI is InChI=1S/C27H28O8S2/c1-20-8-13-23(14-9-20)36(28,29)32-18-25-26(19-33-37(30,31)24-15-10-21(2)11-16-24)35-27(34-25)17-12-22-6-4-3-5-7-22/h3-17,25-27H,18-19H2,1-2H3/b17-12+. The van der Waals surface area contributed by atoms with Crippen LogP contribution in [0.2, 0.25) is 0 Å². The molecule has 2 atom stereocenters. The summed E-state index contributed by atoms with van der Waals surface area (Å²) in [7, 11) is -8.13. The molecule has 0 bridgehead atoms. The van der Waals surface area contributed by atoms with Gasteiger partial charge in [0.15, 0.2) is 6.29 Å². The highest BCUT2D eigenvalue weighted by Crippen LogP contribution is 2.25. The van der Waals surface area contributed by atoms with Gasteiger partial charge in [0.2, 0.25) is 0 Å². The molecule has 37 heavy (non-hydrogen) atoms. The number of aryl methyl sites for hydroxylation is 2. The molecule has 0 saturated carbocycles. The van der Waals surface area contributed by atoms with Crippen LogP contribution in [-0.4, -0.2) is 48.5 Å². The summed E-state index contributed by atoms with van der Waals surface area (Å²) in [5.74, 6) is 0. The number of rotatable bonds is 10. The monoisotopic (exact) mass is 544 g/mol. The molecule has 1 heterocycles. The molecule has 1 fully saturated rings. The second-order valence-corrected chi connectivity index (χ2v) is 11.8. The molecule has 3 aromatic rings. The topological polar surface area (TPSA) is 105 Å². The highest BCUT2D eigenvalue weighted by atomic mass is 32.2. The average molecular weight is 545 g/mol. The molecule has 0 aliphatic carbocycles. The quantitative estimate of drug-likeness (QED) is 0.349. The van der Waals surface area contributed by atoms with Gasteiger partial charge in [0.05, 0.1) is 23.0 Å². The van der Waals surface area contributed by atoms with Crippen molar-refractivity contribution in [2.75, 3.05) is 13.2 Å². The zero-order valence-corrected chi connectivity index (χ0v) is 22.0. The lowest BCUT2D eigenvalue weighted by molar-refractivity contribution is -0.0356. The first-order chi connectivity index (χ1) is 17.6. The Morgan fingerprint density at radius 1 is 0.676 bits per heavy atom. The summed E-state index contributed by atoms with van der Waals surface area (Å²) in [5.41, 5.74) is 2.73. The summed E-state index contributed by atoms with van der Waals surface area (Å²) >= 11 is 0. The molecule has 8 nitrogen and oxygen atoms in total. The Balaban J connectivity index is 1.47. The van der Waals surface area contributed by atoms with Crippen LogP contribution in [0, 0.1) is 13.8 Å². The van der Waals surface area contributed by atoms with Gasteiger partial charge in [-0.05, 0) is 49.8 Å². The molecular formula is C27H28O8S2. The first kappa shape index (κ1) is 27.2. The van der Waals surface area contributed by atoms with Crippen molar-refractivity contribution in [1.82, 2.24) is 0 Å². The first-order valence-electron chi connectivity index (χ1n) is 11.6. The summed E-state index contributed by atoms with van der Waals surface area (Å²) < 4.78 is 72.9. The summed E-state index contributed by atoms with van der Waals surface area (Å²) in [6.07, 6.45) is 0.785. The number of hydrogen-bond acceptors (Lipinski definition) is 8. The number of ether oxygens (including phenoxy) is 2. The third-order valence-electron chi connectivity index (χ3n) is 5.67. The van der Waals surface area contributed by atoms with E-state index in [1.807, 2.05) is 44.2 Å². The van der Waals surface area contributed by atoms with Gasteiger partial charge in [-0.25, -0.2) is 0 Å². The normalized spacial score (nSPS) is 20.4. The van der Waals surface area contributed by atoms with Crippen molar-refractivity contribution in [2.45, 2.75) is 42.1 Å². The molecule has 3 aromatic carbocycles. The Morgan fingerprint density at radius 2 is 1.11 bits per heavy atom. The maximum atomic E-state index is 12.7. The van der Waals surface area contributed by atoms with E-state index in [-0.39, 0.29) is 23.0 Å². The second kappa shape index (κ2) is 11.7. The van der Waals surface area contributed by atoms with Crippen LogP contribution in [0.1, 0.15) is 16.7 Å². The van der Waals surface area contributed by atoms with E-state index >= 15 is 0 Å². The van der Waals surface area contributed by atoms with E-state index in [0.717, 1.165) is 16.7 Å². The fourth-order valence-corrected chi connectivity index (χ4v) is 5.39. The summed E-state index contributed by atoms with van der Waals surface area (Å²) in [6, 6.07) is 22.0. The average Bonchev–Trinajstić information content (AvgIpc) is 3.28. The third kappa shape index (κ3) is 7.35. The van der Waals surface area contributed by atoms with Gasteiger partial charge >= 0.3 is 0 Å². The van der Waals surface area contributed by atoms with Crippen molar-refractivity contribution < 1.29 is 34.7 Å². The van der Waals surface area contributed by atoms with Crippen molar-refractivity contribution in [3.63, 3.8) is 0 Å². The molecule has 1 aliphatic rings. The van der Waals surface area contributed by atoms with E-state index < -0.39 is 38.7 Å². The van der Waals surface area contributed by atoms with Crippen LogP contribution in [0.25, 0.3) is 6.08 Å². The van der Waals surface area contributed by atoms with Crippen LogP contribution in [0.15, 0.2) is 94.7 Å². The van der Waals surface area contributed by atoms with E-state index in [1.165, 1.54) is 24.3 Å². The molecular weight excluding hydrogens is 516 g/mol. The second-order valence-electron chi connectivity index (χ2n) is 8.59. The summed E-state index contributed by atoms with van der Waals surface area (Å²) in [5, 5.41) is 0. The number of hydrogen-bond donors (Lipinski definition) is 0. The smallest absolute Gasteiger partial charge is 0.297 e. The fourth-order valence-electron chi connectivity index (χ4n) is 3.55. The fraction of sp³-hybridized carbons (Fsp3) is 0.259. The largest absolute Gasteiger partial charge is 0.340 e. The van der Waals surface area contributed by atoms with Crippen LogP contribution in [0.3, 0.4) is 0 Å². The molecule has 0 spiro atoms. The minimum absolute atomic E-state index is 0.00675. The van der Waals surface area contributed by atoms with Gasteiger partial charge in [0.25, 0.3) is 20.2 Å². The van der Waals surface area contributed by atoms with Gasteiger partial charge in [-0.2, -0.15) is 16.8 Å². The van der Waals surface area contributed by atoms with Crippen molar-refractivity contribution in [3.8, 4) is 0 Å². The van der Waals surface area contributed by atoms with Crippen LogP contribution >= 0.6 is 0 Å². The van der Waals surface area contributed by atoms with Crippen molar-refractivity contribution in [2.24, 2.45) is 0 Å². The number of benzene rings is 3. The Bertz CT molecular complexity index is 1330. The van der Waals surface area contributed by atoms with Crippen LogP contribution in [-0.2, 0) is 38.1 Å². The maximum absolute atomic E-state index is 12.7. The van der Waals surface area contributed by atoms with Crippen molar-refractivity contribution in [1.29, 1.82) is 0 Å². The van der Waals surface area contributed by atoms with E-state index in [4.69, 9.17) is 17.8 Å². The van der Waals surface area contributed by atoms with Gasteiger partial charge in [0, 0.05) is 0 Å². The van der Waals surface area contributed by atoms with Gasteiger partial charge < -0.3 is 9.47 Å². The van der Waals surface area contributed by atoms with Gasteiger partial charge in [0.1, 0.15) is 12.2 Å². The zero-order valence-electron chi connectivity index (χ0n) is 20.4. The zero-order chi connectivity index (χ0) is 26.5. The van der Waals surface area contributed by atoms with Gasteiger partial charge in [-0.15, -0.1) is 0 Å². The van der Waals surface area contributed by atoms with Crippen LogP contribution < -0.4 is 0 Å². The third-order valence-corrected chi connectivity index (χ3v) is 8.26. The highest BCUT2D eigenvalue weighted by Gasteiger charge is 2.38. The molecule has 1 aliphatic heterocycles. The van der Waals surface area contributed by atoms with E-state index in [2.05, 4.69) is 0 Å². The molecule has 196 valence electrons. The molecule has 0 N–H and O–H groups in total. The van der Waals surface area contributed by atoms with Gasteiger partial charge in [-0.3, -0.25) is 8.37 Å². The Hall–Kier alpha value is -2.86. The minimum atomic E-state index is -4.06. The molecule has 0 radical (unpaired) electrons.